The standard InChI is InChI=1S/C32H39N3O5/c1-31(2,3)40-29(36)34-26(19-22-9-7-6-8-10-22)21-28-27(35(30(37)38)32(4,5)39-28)20-23-11-13-24(14-12-23)25-15-17-33-18-16-25/h6-18,26-28H,19-21H2,1-5H3,(H,34,36)(H,37,38)/t26-,27+,28+/m1/s1. The van der Waals surface area contributed by atoms with Crippen molar-refractivity contribution in [1.29, 1.82) is 0 Å². The van der Waals surface area contributed by atoms with Crippen molar-refractivity contribution in [2.75, 3.05) is 0 Å². The van der Waals surface area contributed by atoms with Crippen molar-refractivity contribution in [3.05, 3.63) is 90.3 Å². The first kappa shape index (κ1) is 29.1. The second kappa shape index (κ2) is 12.1. The number of carboxylic acid groups (broad SMARTS) is 1. The average molecular weight is 546 g/mol. The Morgan fingerprint density at radius 2 is 1.62 bits per heavy atom. The zero-order valence-corrected chi connectivity index (χ0v) is 23.8. The fourth-order valence-electron chi connectivity index (χ4n) is 5.34. The molecule has 40 heavy (non-hydrogen) atoms. The van der Waals surface area contributed by atoms with Crippen molar-refractivity contribution in [3.63, 3.8) is 0 Å². The zero-order valence-electron chi connectivity index (χ0n) is 23.8. The Hall–Kier alpha value is -3.91. The number of aromatic nitrogens is 1. The van der Waals surface area contributed by atoms with Gasteiger partial charge in [0, 0.05) is 18.4 Å². The minimum atomic E-state index is -1.04. The number of hydrogen-bond acceptors (Lipinski definition) is 5. The molecule has 3 aromatic rings. The lowest BCUT2D eigenvalue weighted by molar-refractivity contribution is -0.0695. The number of nitrogens with zero attached hydrogens (tertiary/aromatic N) is 2. The van der Waals surface area contributed by atoms with Crippen molar-refractivity contribution in [2.45, 2.75) is 83.4 Å². The molecule has 0 aliphatic carbocycles. The van der Waals surface area contributed by atoms with Crippen LogP contribution in [0.3, 0.4) is 0 Å². The third-order valence-corrected chi connectivity index (χ3v) is 6.96. The fourth-order valence-corrected chi connectivity index (χ4v) is 5.34. The number of carbonyl (C=O) groups is 2. The van der Waals surface area contributed by atoms with Crippen molar-refractivity contribution in [3.8, 4) is 11.1 Å². The summed E-state index contributed by atoms with van der Waals surface area (Å²) in [5, 5.41) is 13.2. The van der Waals surface area contributed by atoms with E-state index in [0.717, 1.165) is 22.3 Å². The Kier molecular flexibility index (Phi) is 8.79. The van der Waals surface area contributed by atoms with Gasteiger partial charge in [-0.3, -0.25) is 9.88 Å². The van der Waals surface area contributed by atoms with Gasteiger partial charge in [0.2, 0.25) is 0 Å². The van der Waals surface area contributed by atoms with Gasteiger partial charge in [-0.05, 0) is 88.3 Å². The van der Waals surface area contributed by atoms with Crippen LogP contribution in [-0.4, -0.2) is 56.7 Å². The molecule has 1 aromatic heterocycles. The smallest absolute Gasteiger partial charge is 0.409 e. The Bertz CT molecular complexity index is 1270. The van der Waals surface area contributed by atoms with E-state index in [1.54, 1.807) is 26.2 Å². The summed E-state index contributed by atoms with van der Waals surface area (Å²) in [5.74, 6) is 0. The molecule has 8 nitrogen and oxygen atoms in total. The molecule has 8 heteroatoms. The van der Waals surface area contributed by atoms with Crippen LogP contribution in [0.5, 0.6) is 0 Å². The second-order valence-electron chi connectivity index (χ2n) is 11.7. The van der Waals surface area contributed by atoms with Crippen molar-refractivity contribution in [1.82, 2.24) is 15.2 Å². The minimum absolute atomic E-state index is 0.330. The average Bonchev–Trinajstić information content (AvgIpc) is 3.13. The number of alkyl carbamates (subject to hydrolysis) is 1. The van der Waals surface area contributed by atoms with Crippen molar-refractivity contribution in [2.24, 2.45) is 0 Å². The van der Waals surface area contributed by atoms with Gasteiger partial charge >= 0.3 is 12.2 Å². The summed E-state index contributed by atoms with van der Waals surface area (Å²) in [6.45, 7) is 9.01. The molecule has 0 unspecified atom stereocenters. The van der Waals surface area contributed by atoms with Gasteiger partial charge in [-0.2, -0.15) is 0 Å². The first-order valence-corrected chi connectivity index (χ1v) is 13.6. The summed E-state index contributed by atoms with van der Waals surface area (Å²) in [6.07, 6.45) is 2.97. The molecule has 0 saturated carbocycles. The van der Waals surface area contributed by atoms with Crippen LogP contribution in [0, 0.1) is 0 Å². The van der Waals surface area contributed by atoms with Gasteiger partial charge in [-0.25, -0.2) is 9.59 Å². The molecule has 2 heterocycles. The summed E-state index contributed by atoms with van der Waals surface area (Å²) in [7, 11) is 0. The highest BCUT2D eigenvalue weighted by atomic mass is 16.6. The molecule has 1 aliphatic rings. The van der Waals surface area contributed by atoms with E-state index >= 15 is 0 Å². The minimum Gasteiger partial charge on any atom is -0.465 e. The Balaban J connectivity index is 1.58. The lowest BCUT2D eigenvalue weighted by Crippen LogP contribution is -2.49. The Morgan fingerprint density at radius 1 is 1.00 bits per heavy atom. The molecule has 1 aliphatic heterocycles. The molecule has 3 atom stereocenters. The van der Waals surface area contributed by atoms with Crippen LogP contribution in [0.2, 0.25) is 0 Å². The molecule has 4 rings (SSSR count). The third-order valence-electron chi connectivity index (χ3n) is 6.96. The van der Waals surface area contributed by atoms with E-state index in [1.807, 2.05) is 87.5 Å². The van der Waals surface area contributed by atoms with E-state index in [9.17, 15) is 14.7 Å². The van der Waals surface area contributed by atoms with Crippen LogP contribution in [0.4, 0.5) is 9.59 Å². The molecule has 1 saturated heterocycles. The SMILES string of the molecule is CC(C)(C)OC(=O)N[C@H](Cc1ccccc1)C[C@@H]1OC(C)(C)N(C(=O)O)[C@H]1Cc1ccc(-c2ccncc2)cc1. The van der Waals surface area contributed by atoms with Crippen LogP contribution in [0.15, 0.2) is 79.1 Å². The monoisotopic (exact) mass is 545 g/mol. The van der Waals surface area contributed by atoms with Crippen molar-refractivity contribution >= 4 is 12.2 Å². The molecular weight excluding hydrogens is 506 g/mol. The number of hydrogen-bond donors (Lipinski definition) is 2. The highest BCUT2D eigenvalue weighted by Crippen LogP contribution is 2.36. The van der Waals surface area contributed by atoms with Gasteiger partial charge in [-0.15, -0.1) is 0 Å². The zero-order chi connectivity index (χ0) is 28.9. The molecular formula is C32H39N3O5. The molecule has 212 valence electrons. The number of carbonyl (C=O) groups excluding carboxylic acids is 1. The number of nitrogens with one attached hydrogen (secondary N) is 1. The summed E-state index contributed by atoms with van der Waals surface area (Å²) in [4.78, 5) is 30.7. The van der Waals surface area contributed by atoms with E-state index < -0.39 is 35.7 Å². The lowest BCUT2D eigenvalue weighted by Gasteiger charge is -2.31. The number of pyridine rings is 1. The first-order valence-electron chi connectivity index (χ1n) is 13.6. The number of ether oxygens (including phenoxy) is 2. The number of benzene rings is 2. The second-order valence-corrected chi connectivity index (χ2v) is 11.7. The van der Waals surface area contributed by atoms with Gasteiger partial charge in [0.05, 0.1) is 12.1 Å². The topological polar surface area (TPSA) is 101 Å². The summed E-state index contributed by atoms with van der Waals surface area (Å²) in [5.41, 5.74) is 2.51. The lowest BCUT2D eigenvalue weighted by atomic mass is 9.93. The largest absolute Gasteiger partial charge is 0.465 e. The van der Waals surface area contributed by atoms with Crippen LogP contribution in [0.1, 0.15) is 52.2 Å². The molecule has 0 radical (unpaired) electrons. The highest BCUT2D eigenvalue weighted by molar-refractivity contribution is 5.68. The van der Waals surface area contributed by atoms with Crippen molar-refractivity contribution < 1.29 is 24.2 Å². The summed E-state index contributed by atoms with van der Waals surface area (Å²) < 4.78 is 11.9. The molecule has 0 spiro atoms. The van der Waals surface area contributed by atoms with Gasteiger partial charge in [-0.1, -0.05) is 54.6 Å². The molecule has 2 aromatic carbocycles. The molecule has 2 N–H and O–H groups in total. The predicted octanol–water partition coefficient (Wildman–Crippen LogP) is 6.30. The first-order chi connectivity index (χ1) is 18.9. The maximum atomic E-state index is 12.8. The molecule has 1 fully saturated rings. The maximum Gasteiger partial charge on any atom is 0.409 e. The van der Waals surface area contributed by atoms with E-state index in [-0.39, 0.29) is 6.04 Å². The normalized spacial score (nSPS) is 19.2. The Labute approximate surface area is 236 Å². The molecule has 0 bridgehead atoms. The van der Waals surface area contributed by atoms with E-state index in [4.69, 9.17) is 9.47 Å². The van der Waals surface area contributed by atoms with Crippen LogP contribution in [-0.2, 0) is 22.3 Å². The van der Waals surface area contributed by atoms with E-state index in [2.05, 4.69) is 10.3 Å². The fraction of sp³-hybridized carbons (Fsp3) is 0.406. The maximum absolute atomic E-state index is 12.8. The summed E-state index contributed by atoms with van der Waals surface area (Å²) in [6, 6.07) is 21.1. The van der Waals surface area contributed by atoms with E-state index in [0.29, 0.717) is 19.3 Å². The van der Waals surface area contributed by atoms with Gasteiger partial charge in [0.15, 0.2) is 0 Å². The van der Waals surface area contributed by atoms with Gasteiger partial charge < -0.3 is 19.9 Å². The third kappa shape index (κ3) is 7.60. The van der Waals surface area contributed by atoms with Gasteiger partial charge in [0.1, 0.15) is 11.3 Å². The van der Waals surface area contributed by atoms with Crippen LogP contribution >= 0.6 is 0 Å². The predicted molar refractivity (Wildman–Crippen MR) is 154 cm³/mol. The molecule has 2 amide bonds. The van der Waals surface area contributed by atoms with E-state index in [1.165, 1.54) is 4.90 Å². The quantitative estimate of drug-likeness (QED) is 0.344. The number of rotatable bonds is 8. The summed E-state index contributed by atoms with van der Waals surface area (Å²) >= 11 is 0. The van der Waals surface area contributed by atoms with Gasteiger partial charge in [0.25, 0.3) is 0 Å². The van der Waals surface area contributed by atoms with Crippen LogP contribution < -0.4 is 5.32 Å². The van der Waals surface area contributed by atoms with Crippen LogP contribution in [0.25, 0.3) is 11.1 Å². The highest BCUT2D eigenvalue weighted by Gasteiger charge is 2.50. The Morgan fingerprint density at radius 3 is 2.23 bits per heavy atom. The number of amides is 2.